The minimum absolute atomic E-state index is 0. The van der Waals surface area contributed by atoms with Crippen molar-refractivity contribution in [2.45, 2.75) is 45.4 Å². The maximum Gasteiger partial charge on any atom is 0.135 e. The van der Waals surface area contributed by atoms with Gasteiger partial charge in [0.25, 0.3) is 0 Å². The topological polar surface area (TPSA) is 36.8 Å². The van der Waals surface area contributed by atoms with Crippen LogP contribution >= 0.6 is 0 Å². The van der Waals surface area contributed by atoms with Crippen LogP contribution in [0.2, 0.25) is 0 Å². The fourth-order valence-corrected chi connectivity index (χ4v) is 10.0. The van der Waals surface area contributed by atoms with Gasteiger partial charge in [0.15, 0.2) is 0 Å². The zero-order valence-electron chi connectivity index (χ0n) is 38.5. The Morgan fingerprint density at radius 3 is 1.88 bits per heavy atom. The van der Waals surface area contributed by atoms with E-state index in [9.17, 15) is 0 Å². The van der Waals surface area contributed by atoms with Gasteiger partial charge in [0.2, 0.25) is 0 Å². The van der Waals surface area contributed by atoms with Gasteiger partial charge < -0.3 is 24.0 Å². The number of nitrogens with zero attached hydrogens (tertiary/aromatic N) is 5. The van der Waals surface area contributed by atoms with E-state index in [1.165, 1.54) is 33.6 Å². The Morgan fingerprint density at radius 2 is 1.18 bits per heavy atom. The molecule has 0 radical (unpaired) electrons. The summed E-state index contributed by atoms with van der Waals surface area (Å²) >= 11 is 0. The molecule has 0 saturated carbocycles. The van der Waals surface area contributed by atoms with Crippen LogP contribution in [0.25, 0.3) is 38.8 Å². The third kappa shape index (κ3) is 7.26. The third-order valence-electron chi connectivity index (χ3n) is 13.5. The Balaban J connectivity index is 0.00000507. The average Bonchev–Trinajstić information content (AvgIpc) is 3.90. The summed E-state index contributed by atoms with van der Waals surface area (Å²) in [4.78, 5) is 11.7. The molecule has 6 nitrogen and oxygen atoms in total. The molecule has 7 heteroatoms. The second-order valence-electron chi connectivity index (χ2n) is 19.0. The molecule has 12 rings (SSSR count). The van der Waals surface area contributed by atoms with E-state index in [1.54, 1.807) is 0 Å². The maximum absolute atomic E-state index is 6.67. The number of hydrogen-bond acceptors (Lipinski definition) is 5. The van der Waals surface area contributed by atoms with E-state index in [0.29, 0.717) is 11.5 Å². The first-order valence-electron chi connectivity index (χ1n) is 22.9. The molecular formula is C61H48N5OPt-3. The van der Waals surface area contributed by atoms with Crippen molar-refractivity contribution in [2.24, 2.45) is 0 Å². The number of fused-ring (bicyclic) bond motifs is 6. The largest absolute Gasteiger partial charge is 0.509 e. The van der Waals surface area contributed by atoms with Crippen LogP contribution in [0.4, 0.5) is 39.8 Å². The van der Waals surface area contributed by atoms with Crippen LogP contribution in [0.3, 0.4) is 0 Å². The zero-order valence-corrected chi connectivity index (χ0v) is 40.8. The number of rotatable bonds is 7. The summed E-state index contributed by atoms with van der Waals surface area (Å²) in [7, 11) is 0. The minimum Gasteiger partial charge on any atom is -0.509 e. The quantitative estimate of drug-likeness (QED) is 0.149. The first kappa shape index (κ1) is 43.2. The number of aromatic nitrogens is 2. The molecule has 0 spiro atoms. The van der Waals surface area contributed by atoms with Gasteiger partial charge in [-0.2, -0.15) is 12.1 Å². The summed E-state index contributed by atoms with van der Waals surface area (Å²) in [6.45, 7) is 13.5. The predicted octanol–water partition coefficient (Wildman–Crippen LogP) is 16.1. The van der Waals surface area contributed by atoms with Crippen LogP contribution in [0.15, 0.2) is 194 Å². The van der Waals surface area contributed by atoms with Crippen molar-refractivity contribution in [3.8, 4) is 28.4 Å². The minimum atomic E-state index is -0.113. The molecule has 0 saturated heterocycles. The number of pyridine rings is 1. The summed E-state index contributed by atoms with van der Waals surface area (Å²) in [5.41, 5.74) is 15.6. The van der Waals surface area contributed by atoms with Crippen molar-refractivity contribution in [3.05, 3.63) is 230 Å². The second-order valence-corrected chi connectivity index (χ2v) is 19.0. The SMILES string of the molecule is CC(C)(C)c1ccnc(-n2c3[c-]c(Oc4[c-]c(N5[CH-]N(c6ccc(N7c8ccccc8C(C)(C)c8ccccc87)cc6)c6ccccc65)ccc4)ccc3c3cc(-c4ccccc4)ccc32)c1.[Pt]. The Morgan fingerprint density at radius 1 is 0.544 bits per heavy atom. The van der Waals surface area contributed by atoms with Gasteiger partial charge in [-0.05, 0) is 105 Å². The van der Waals surface area contributed by atoms with E-state index in [-0.39, 0.29) is 31.9 Å². The molecule has 0 fully saturated rings. The molecule has 2 aliphatic heterocycles. The molecule has 0 amide bonds. The van der Waals surface area contributed by atoms with Crippen LogP contribution in [-0.2, 0) is 31.9 Å². The Labute approximate surface area is 413 Å². The number of para-hydroxylation sites is 4. The van der Waals surface area contributed by atoms with E-state index >= 15 is 0 Å². The summed E-state index contributed by atoms with van der Waals surface area (Å²) in [6.07, 6.45) is 1.91. The van der Waals surface area contributed by atoms with Crippen LogP contribution in [0.1, 0.15) is 51.3 Å². The first-order valence-corrected chi connectivity index (χ1v) is 22.9. The van der Waals surface area contributed by atoms with Crippen molar-refractivity contribution < 1.29 is 25.8 Å². The molecule has 8 aromatic carbocycles. The summed E-state index contributed by atoms with van der Waals surface area (Å²) in [6, 6.07) is 73.9. The molecule has 10 aromatic rings. The van der Waals surface area contributed by atoms with Crippen LogP contribution < -0.4 is 19.4 Å². The smallest absolute Gasteiger partial charge is 0.135 e. The van der Waals surface area contributed by atoms with Crippen molar-refractivity contribution in [1.29, 1.82) is 0 Å². The van der Waals surface area contributed by atoms with Gasteiger partial charge >= 0.3 is 0 Å². The van der Waals surface area contributed by atoms with E-state index in [4.69, 9.17) is 9.72 Å². The Kier molecular flexibility index (Phi) is 10.6. The molecule has 4 heterocycles. The number of benzene rings is 8. The van der Waals surface area contributed by atoms with Gasteiger partial charge in [-0.25, -0.2) is 4.98 Å². The number of ether oxygens (including phenoxy) is 1. The molecule has 2 aliphatic rings. The van der Waals surface area contributed by atoms with Crippen LogP contribution in [0.5, 0.6) is 11.5 Å². The number of anilines is 7. The van der Waals surface area contributed by atoms with Gasteiger partial charge in [-0.15, -0.1) is 48.1 Å². The summed E-state index contributed by atoms with van der Waals surface area (Å²) in [5, 5.41) is 2.20. The Bertz CT molecular complexity index is 3470. The van der Waals surface area contributed by atoms with Gasteiger partial charge in [0.05, 0.1) is 11.4 Å². The Hall–Kier alpha value is -7.40. The second kappa shape index (κ2) is 16.7. The third-order valence-corrected chi connectivity index (χ3v) is 13.5. The van der Waals surface area contributed by atoms with E-state index in [1.807, 2.05) is 24.4 Å². The molecular weight excluding hydrogens is 1010 g/mol. The van der Waals surface area contributed by atoms with Gasteiger partial charge in [0.1, 0.15) is 5.82 Å². The fraction of sp³-hybridized carbons (Fsp3) is 0.115. The van der Waals surface area contributed by atoms with Crippen molar-refractivity contribution in [3.63, 3.8) is 0 Å². The van der Waals surface area contributed by atoms with Gasteiger partial charge in [0, 0.05) is 72.4 Å². The molecule has 68 heavy (non-hydrogen) atoms. The predicted molar refractivity (Wildman–Crippen MR) is 275 cm³/mol. The van der Waals surface area contributed by atoms with Crippen LogP contribution in [0, 0.1) is 18.8 Å². The molecule has 2 aromatic heterocycles. The molecule has 0 N–H and O–H groups in total. The zero-order chi connectivity index (χ0) is 45.4. The number of hydrogen-bond donors (Lipinski definition) is 0. The van der Waals surface area contributed by atoms with Crippen LogP contribution in [-0.4, -0.2) is 9.55 Å². The summed E-state index contributed by atoms with van der Waals surface area (Å²) in [5.74, 6) is 2.03. The van der Waals surface area contributed by atoms with E-state index in [2.05, 4.69) is 243 Å². The standard InChI is InChI=1S/C61H48N5O.Pt/c1-60(2,3)43-34-35-62-59(37-43)66-53-33-26-42(41-16-7-6-8-17-41)36-50(53)49-32-31-48(39-58(49)66)67-47-19-15-18-46(38-47)64-40-63(56-24-13-14-25-57(56)64)44-27-29-45(30-28-44)65-54-22-11-9-20-51(54)61(4,5)52-21-10-12-23-55(52)65;/h6-37,40H,1-5H3;/q-3;. The monoisotopic (exact) mass is 1060 g/mol. The van der Waals surface area contributed by atoms with Gasteiger partial charge in [-0.3, -0.25) is 0 Å². The maximum atomic E-state index is 6.67. The first-order chi connectivity index (χ1) is 32.6. The van der Waals surface area contributed by atoms with Gasteiger partial charge in [-0.1, -0.05) is 131 Å². The normalized spacial score (nSPS) is 13.8. The molecule has 0 bridgehead atoms. The average molecular weight is 1060 g/mol. The van der Waals surface area contributed by atoms with E-state index in [0.717, 1.165) is 61.6 Å². The molecule has 0 aliphatic carbocycles. The molecule has 0 atom stereocenters. The van der Waals surface area contributed by atoms with E-state index < -0.39 is 0 Å². The van der Waals surface area contributed by atoms with Crippen molar-refractivity contribution in [2.75, 3.05) is 14.7 Å². The van der Waals surface area contributed by atoms with Crippen molar-refractivity contribution >= 4 is 61.6 Å². The van der Waals surface area contributed by atoms with Crippen molar-refractivity contribution in [1.82, 2.24) is 9.55 Å². The summed E-state index contributed by atoms with van der Waals surface area (Å²) < 4.78 is 8.89. The molecule has 336 valence electrons. The molecule has 0 unspecified atom stereocenters. The fourth-order valence-electron chi connectivity index (χ4n) is 10.0.